The molecule has 0 aromatic rings. The Labute approximate surface area is 99.0 Å². The van der Waals surface area contributed by atoms with Gasteiger partial charge in [0.25, 0.3) is 14.5 Å². The summed E-state index contributed by atoms with van der Waals surface area (Å²) in [4.78, 5) is 9.76. The van der Waals surface area contributed by atoms with Gasteiger partial charge in [0.1, 0.15) is 6.26 Å². The lowest BCUT2D eigenvalue weighted by Crippen LogP contribution is -2.46. The van der Waals surface area contributed by atoms with Gasteiger partial charge in [0.15, 0.2) is 0 Å². The molecule has 0 aliphatic heterocycles. The summed E-state index contributed by atoms with van der Waals surface area (Å²) < 4.78 is 5.84. The fourth-order valence-corrected chi connectivity index (χ4v) is 7.72. The zero-order valence-corrected chi connectivity index (χ0v) is 12.1. The Kier molecular flexibility index (Phi) is 5.71. The molecule has 0 aromatic carbocycles. The molecule has 0 atom stereocenters. The fraction of sp³-hybridized carbons (Fsp3) is 0.818. The molecule has 0 amide bonds. The van der Waals surface area contributed by atoms with Crippen LogP contribution in [0.15, 0.2) is 12.5 Å². The van der Waals surface area contributed by atoms with E-state index in [0.717, 1.165) is 6.20 Å². The molecule has 4 nitrogen and oxygen atoms in total. The smallest absolute Gasteiger partial charge is 0.267 e. The highest BCUT2D eigenvalue weighted by Crippen LogP contribution is 2.42. The van der Waals surface area contributed by atoms with Crippen LogP contribution in [-0.4, -0.2) is 13.2 Å². The normalized spacial score (nSPS) is 13.1. The van der Waals surface area contributed by atoms with Crippen LogP contribution in [0.25, 0.3) is 0 Å². The Hall–Kier alpha value is -0.843. The standard InChI is InChI=1S/C11H23NO3Si/c1-9(2)16(10(3)4,11(5)6)15-8-7-12(13)14/h7-11H,1-6H3/b8-7+. The Morgan fingerprint density at radius 1 is 1.06 bits per heavy atom. The van der Waals surface area contributed by atoms with E-state index >= 15 is 0 Å². The first-order valence-electron chi connectivity index (χ1n) is 5.73. The van der Waals surface area contributed by atoms with E-state index < -0.39 is 13.2 Å². The molecule has 0 aromatic heterocycles. The van der Waals surface area contributed by atoms with Crippen LogP contribution in [-0.2, 0) is 4.43 Å². The first kappa shape index (κ1) is 15.2. The summed E-state index contributed by atoms with van der Waals surface area (Å²) in [5, 5.41) is 10.2. The van der Waals surface area contributed by atoms with Crippen molar-refractivity contribution < 1.29 is 9.35 Å². The molecule has 0 aliphatic carbocycles. The SMILES string of the molecule is CC(C)[Si](O/C=C/[N+](=O)[O-])(C(C)C)C(C)C. The number of rotatable bonds is 6. The van der Waals surface area contributed by atoms with Crippen LogP contribution < -0.4 is 0 Å². The highest BCUT2D eigenvalue weighted by atomic mass is 28.4. The minimum Gasteiger partial charge on any atom is -0.544 e. The van der Waals surface area contributed by atoms with Gasteiger partial charge in [-0.15, -0.1) is 0 Å². The maximum Gasteiger partial charge on any atom is 0.267 e. The van der Waals surface area contributed by atoms with E-state index in [4.69, 9.17) is 4.43 Å². The summed E-state index contributed by atoms with van der Waals surface area (Å²) in [6.45, 7) is 12.9. The van der Waals surface area contributed by atoms with Crippen LogP contribution in [0.3, 0.4) is 0 Å². The summed E-state index contributed by atoms with van der Waals surface area (Å²) in [7, 11) is -1.99. The van der Waals surface area contributed by atoms with Crippen LogP contribution in [0.4, 0.5) is 0 Å². The van der Waals surface area contributed by atoms with Crippen LogP contribution in [0.2, 0.25) is 16.6 Å². The monoisotopic (exact) mass is 245 g/mol. The summed E-state index contributed by atoms with van der Waals surface area (Å²) in [5.41, 5.74) is 1.30. The zero-order valence-electron chi connectivity index (χ0n) is 11.1. The maximum atomic E-state index is 10.2. The molecule has 0 heterocycles. The molecule has 0 aliphatic rings. The van der Waals surface area contributed by atoms with E-state index in [-0.39, 0.29) is 0 Å². The maximum absolute atomic E-state index is 10.2. The lowest BCUT2D eigenvalue weighted by Gasteiger charge is -2.40. The van der Waals surface area contributed by atoms with Gasteiger partial charge in [-0.05, 0) is 16.6 Å². The third kappa shape index (κ3) is 3.33. The van der Waals surface area contributed by atoms with E-state index in [1.807, 2.05) is 0 Å². The van der Waals surface area contributed by atoms with Gasteiger partial charge >= 0.3 is 0 Å². The average molecular weight is 245 g/mol. The van der Waals surface area contributed by atoms with Crippen LogP contribution in [0.1, 0.15) is 41.5 Å². The van der Waals surface area contributed by atoms with Gasteiger partial charge in [-0.2, -0.15) is 0 Å². The second kappa shape index (κ2) is 6.03. The molecular formula is C11H23NO3Si. The molecule has 0 saturated heterocycles. The summed E-state index contributed by atoms with van der Waals surface area (Å²) in [6.07, 6.45) is 2.15. The Balaban J connectivity index is 4.98. The van der Waals surface area contributed by atoms with Gasteiger partial charge in [-0.3, -0.25) is 10.1 Å². The Bertz CT molecular complexity index is 240. The molecule has 0 radical (unpaired) electrons. The third-order valence-electron chi connectivity index (χ3n) is 3.16. The Morgan fingerprint density at radius 3 is 1.69 bits per heavy atom. The van der Waals surface area contributed by atoms with E-state index in [1.165, 1.54) is 6.26 Å². The molecule has 0 unspecified atom stereocenters. The van der Waals surface area contributed by atoms with Crippen molar-refractivity contribution in [2.75, 3.05) is 0 Å². The number of nitrogens with zero attached hydrogens (tertiary/aromatic N) is 1. The number of nitro groups is 1. The predicted octanol–water partition coefficient (Wildman–Crippen LogP) is 3.93. The Morgan fingerprint density at radius 2 is 1.44 bits per heavy atom. The predicted molar refractivity (Wildman–Crippen MR) is 68.3 cm³/mol. The summed E-state index contributed by atoms with van der Waals surface area (Å²) in [5.74, 6) is 0. The third-order valence-corrected chi connectivity index (χ3v) is 9.12. The van der Waals surface area contributed by atoms with Crippen molar-refractivity contribution >= 4 is 8.32 Å². The first-order valence-corrected chi connectivity index (χ1v) is 7.87. The minimum absolute atomic E-state index is 0.434. The van der Waals surface area contributed by atoms with E-state index in [9.17, 15) is 10.1 Å². The van der Waals surface area contributed by atoms with Gasteiger partial charge in [0.05, 0.1) is 4.92 Å². The molecule has 94 valence electrons. The quantitative estimate of drug-likeness (QED) is 0.308. The van der Waals surface area contributed by atoms with Gasteiger partial charge < -0.3 is 4.43 Å². The molecule has 0 fully saturated rings. The van der Waals surface area contributed by atoms with E-state index in [1.54, 1.807) is 0 Å². The molecule has 0 saturated carbocycles. The molecular weight excluding hydrogens is 222 g/mol. The second-order valence-corrected chi connectivity index (χ2v) is 10.4. The first-order chi connectivity index (χ1) is 7.25. The lowest BCUT2D eigenvalue weighted by atomic mass is 10.5. The zero-order chi connectivity index (χ0) is 12.9. The van der Waals surface area contributed by atoms with Crippen LogP contribution in [0.5, 0.6) is 0 Å². The topological polar surface area (TPSA) is 52.4 Å². The molecule has 16 heavy (non-hydrogen) atoms. The van der Waals surface area contributed by atoms with Crippen molar-refractivity contribution in [2.45, 2.75) is 58.2 Å². The number of hydrogen-bond donors (Lipinski definition) is 0. The molecule has 0 spiro atoms. The van der Waals surface area contributed by atoms with Gasteiger partial charge in [0.2, 0.25) is 0 Å². The van der Waals surface area contributed by atoms with Crippen molar-refractivity contribution in [3.05, 3.63) is 22.6 Å². The highest BCUT2D eigenvalue weighted by molar-refractivity contribution is 6.77. The molecule has 5 heteroatoms. The van der Waals surface area contributed by atoms with E-state index in [0.29, 0.717) is 16.6 Å². The van der Waals surface area contributed by atoms with Crippen LogP contribution in [0, 0.1) is 10.1 Å². The van der Waals surface area contributed by atoms with Crippen molar-refractivity contribution in [1.82, 2.24) is 0 Å². The average Bonchev–Trinajstić information content (AvgIpc) is 2.09. The van der Waals surface area contributed by atoms with E-state index in [2.05, 4.69) is 41.5 Å². The highest BCUT2D eigenvalue weighted by Gasteiger charge is 2.46. The summed E-state index contributed by atoms with van der Waals surface area (Å²) in [6, 6.07) is 0. The van der Waals surface area contributed by atoms with Gasteiger partial charge in [0, 0.05) is 0 Å². The molecule has 0 rings (SSSR count). The van der Waals surface area contributed by atoms with Crippen molar-refractivity contribution in [3.8, 4) is 0 Å². The van der Waals surface area contributed by atoms with Crippen LogP contribution >= 0.6 is 0 Å². The van der Waals surface area contributed by atoms with Crippen molar-refractivity contribution in [2.24, 2.45) is 0 Å². The number of hydrogen-bond acceptors (Lipinski definition) is 3. The van der Waals surface area contributed by atoms with Gasteiger partial charge in [-0.1, -0.05) is 41.5 Å². The minimum atomic E-state index is -1.99. The fourth-order valence-electron chi connectivity index (χ4n) is 2.61. The summed E-state index contributed by atoms with van der Waals surface area (Å²) >= 11 is 0. The molecule has 0 N–H and O–H groups in total. The largest absolute Gasteiger partial charge is 0.544 e. The van der Waals surface area contributed by atoms with Gasteiger partial charge in [-0.25, -0.2) is 0 Å². The lowest BCUT2D eigenvalue weighted by molar-refractivity contribution is -0.403. The van der Waals surface area contributed by atoms with Crippen molar-refractivity contribution in [1.29, 1.82) is 0 Å². The molecule has 0 bridgehead atoms. The second-order valence-electron chi connectivity index (χ2n) is 5.01. The van der Waals surface area contributed by atoms with Crippen molar-refractivity contribution in [3.63, 3.8) is 0 Å².